The van der Waals surface area contributed by atoms with Gasteiger partial charge in [-0.05, 0) is 49.1 Å². The molecule has 2 aromatic carbocycles. The molecule has 178 valence electrons. The van der Waals surface area contributed by atoms with Crippen molar-refractivity contribution in [2.24, 2.45) is 5.92 Å². The summed E-state index contributed by atoms with van der Waals surface area (Å²) in [4.78, 5) is 19.4. The van der Waals surface area contributed by atoms with Gasteiger partial charge >= 0.3 is 0 Å². The summed E-state index contributed by atoms with van der Waals surface area (Å²) in [5.74, 6) is 2.22. The smallest absolute Gasteiger partial charge is 0.247 e. The van der Waals surface area contributed by atoms with Crippen LogP contribution in [0.1, 0.15) is 52.0 Å². The molecule has 0 N–H and O–H groups in total. The van der Waals surface area contributed by atoms with E-state index in [1.807, 2.05) is 49.4 Å². The van der Waals surface area contributed by atoms with Gasteiger partial charge in [0.1, 0.15) is 5.75 Å². The maximum atomic E-state index is 13.1. The maximum absolute atomic E-state index is 13.1. The Morgan fingerprint density at radius 2 is 1.97 bits per heavy atom. The summed E-state index contributed by atoms with van der Waals surface area (Å²) in [5.41, 5.74) is 3.89. The molecule has 4 rings (SSSR count). The second kappa shape index (κ2) is 10.4. The van der Waals surface area contributed by atoms with Gasteiger partial charge in [-0.1, -0.05) is 50.7 Å². The highest BCUT2D eigenvalue weighted by Gasteiger charge is 2.36. The highest BCUT2D eigenvalue weighted by molar-refractivity contribution is 7.99. The van der Waals surface area contributed by atoms with Gasteiger partial charge in [-0.2, -0.15) is 4.98 Å². The largest absolute Gasteiger partial charge is 0.493 e. The van der Waals surface area contributed by atoms with Gasteiger partial charge in [0.05, 0.1) is 17.9 Å². The van der Waals surface area contributed by atoms with Gasteiger partial charge in [0, 0.05) is 18.2 Å². The minimum absolute atomic E-state index is 0.156. The van der Waals surface area contributed by atoms with Crippen LogP contribution in [0.4, 0.5) is 5.69 Å². The summed E-state index contributed by atoms with van der Waals surface area (Å²) in [6.07, 6.45) is 0.0796. The highest BCUT2D eigenvalue weighted by Crippen LogP contribution is 2.45. The van der Waals surface area contributed by atoms with Crippen LogP contribution in [0, 0.1) is 5.92 Å². The van der Waals surface area contributed by atoms with Crippen LogP contribution < -0.4 is 14.4 Å². The topological polar surface area (TPSA) is 77.4 Å². The van der Waals surface area contributed by atoms with Crippen molar-refractivity contribution < 1.29 is 14.3 Å². The Labute approximate surface area is 204 Å². The van der Waals surface area contributed by atoms with Crippen LogP contribution in [0.3, 0.4) is 0 Å². The van der Waals surface area contributed by atoms with Gasteiger partial charge in [-0.15, -0.1) is 10.2 Å². The molecule has 0 saturated carbocycles. The number of hydrogen-bond donors (Lipinski definition) is 0. The van der Waals surface area contributed by atoms with Crippen molar-refractivity contribution in [2.45, 2.75) is 52.4 Å². The second-order valence-corrected chi connectivity index (χ2v) is 9.48. The first-order valence-electron chi connectivity index (χ1n) is 11.6. The molecule has 0 unspecified atom stereocenters. The van der Waals surface area contributed by atoms with E-state index in [1.54, 1.807) is 16.7 Å². The van der Waals surface area contributed by atoms with Crippen LogP contribution in [-0.2, 0) is 11.2 Å². The molecule has 0 fully saturated rings. The minimum Gasteiger partial charge on any atom is -0.493 e. The van der Waals surface area contributed by atoms with E-state index < -0.39 is 6.23 Å². The molecule has 1 aromatic heterocycles. The van der Waals surface area contributed by atoms with Gasteiger partial charge in [0.2, 0.25) is 23.2 Å². The van der Waals surface area contributed by atoms with Gasteiger partial charge in [-0.3, -0.25) is 9.69 Å². The molecule has 0 radical (unpaired) electrons. The van der Waals surface area contributed by atoms with Crippen LogP contribution in [0.25, 0.3) is 11.3 Å². The summed E-state index contributed by atoms with van der Waals surface area (Å²) in [6, 6.07) is 13.6. The molecule has 1 amide bonds. The normalized spacial score (nSPS) is 14.8. The molecule has 1 aliphatic rings. The fourth-order valence-electron chi connectivity index (χ4n) is 3.85. The Bertz CT molecular complexity index is 1180. The quantitative estimate of drug-likeness (QED) is 0.404. The van der Waals surface area contributed by atoms with Crippen molar-refractivity contribution in [3.63, 3.8) is 0 Å². The molecular formula is C26H30N4O3S. The molecule has 0 bridgehead atoms. The van der Waals surface area contributed by atoms with Crippen LogP contribution >= 0.6 is 11.8 Å². The van der Waals surface area contributed by atoms with Gasteiger partial charge in [0.25, 0.3) is 0 Å². The zero-order valence-electron chi connectivity index (χ0n) is 20.2. The Balaban J connectivity index is 1.93. The molecule has 1 atom stereocenters. The third-order valence-corrected chi connectivity index (χ3v) is 6.71. The van der Waals surface area contributed by atoms with E-state index in [9.17, 15) is 4.79 Å². The number of nitrogens with zero attached hydrogens (tertiary/aromatic N) is 4. The fourth-order valence-corrected chi connectivity index (χ4v) is 4.58. The van der Waals surface area contributed by atoms with Crippen molar-refractivity contribution in [2.75, 3.05) is 17.3 Å². The first-order valence-corrected chi connectivity index (χ1v) is 12.6. The van der Waals surface area contributed by atoms with E-state index in [1.165, 1.54) is 6.92 Å². The SMILES string of the molecule is CCOc1ccccc1[C@@H]1Oc2nc(SCC(C)C)nnc2-c2cc(CC)ccc2N1C(C)=O. The summed E-state index contributed by atoms with van der Waals surface area (Å²) >= 11 is 1.54. The molecule has 0 aliphatic carbocycles. The summed E-state index contributed by atoms with van der Waals surface area (Å²) in [7, 11) is 0. The lowest BCUT2D eigenvalue weighted by atomic mass is 10.0. The maximum Gasteiger partial charge on any atom is 0.247 e. The summed E-state index contributed by atoms with van der Waals surface area (Å²) in [5, 5.41) is 9.45. The molecule has 0 saturated heterocycles. The van der Waals surface area contributed by atoms with E-state index in [-0.39, 0.29) is 5.91 Å². The zero-order chi connectivity index (χ0) is 24.2. The third-order valence-electron chi connectivity index (χ3n) is 5.45. The van der Waals surface area contributed by atoms with Crippen LogP contribution in [0.15, 0.2) is 47.6 Å². The lowest BCUT2D eigenvalue weighted by molar-refractivity contribution is -0.118. The Morgan fingerprint density at radius 1 is 1.18 bits per heavy atom. The Morgan fingerprint density at radius 3 is 2.68 bits per heavy atom. The van der Waals surface area contributed by atoms with Crippen LogP contribution in [0.5, 0.6) is 11.6 Å². The molecule has 8 heteroatoms. The molecule has 2 heterocycles. The number of carbonyl (C=O) groups excluding carboxylic acids is 1. The zero-order valence-corrected chi connectivity index (χ0v) is 21.1. The Hall–Kier alpha value is -3.13. The van der Waals surface area contributed by atoms with E-state index in [0.717, 1.165) is 28.9 Å². The number of ether oxygens (including phenoxy) is 2. The summed E-state index contributed by atoms with van der Waals surface area (Å²) < 4.78 is 12.4. The van der Waals surface area contributed by atoms with Crippen LogP contribution in [0.2, 0.25) is 0 Å². The number of fused-ring (bicyclic) bond motifs is 3. The number of anilines is 1. The number of aromatic nitrogens is 3. The van der Waals surface area contributed by atoms with Crippen LogP contribution in [-0.4, -0.2) is 33.4 Å². The second-order valence-electron chi connectivity index (χ2n) is 8.49. The molecule has 0 spiro atoms. The van der Waals surface area contributed by atoms with E-state index in [2.05, 4.69) is 31.0 Å². The highest BCUT2D eigenvalue weighted by atomic mass is 32.2. The van der Waals surface area contributed by atoms with Crippen molar-refractivity contribution >= 4 is 23.4 Å². The van der Waals surface area contributed by atoms with Crippen molar-refractivity contribution in [1.29, 1.82) is 0 Å². The third kappa shape index (κ3) is 4.87. The molecule has 7 nitrogen and oxygen atoms in total. The number of rotatable bonds is 7. The van der Waals surface area contributed by atoms with Gasteiger partial charge < -0.3 is 9.47 Å². The number of amides is 1. The first-order chi connectivity index (χ1) is 16.4. The predicted molar refractivity (Wildman–Crippen MR) is 134 cm³/mol. The average Bonchev–Trinajstić information content (AvgIpc) is 2.97. The summed E-state index contributed by atoms with van der Waals surface area (Å²) in [6.45, 7) is 10.4. The molecule has 3 aromatic rings. The van der Waals surface area contributed by atoms with E-state index >= 15 is 0 Å². The standard InChI is InChI=1S/C26H30N4O3S/c1-6-18-12-13-21-20(14-18)23-24(27-26(29-28-23)34-15-16(3)4)33-25(30(21)17(5)31)19-10-8-9-11-22(19)32-7-2/h8-14,16,25H,6-7,15H2,1-5H3/t25-/m0/s1. The van der Waals surface area contributed by atoms with Gasteiger partial charge in [-0.25, -0.2) is 0 Å². The first kappa shape index (κ1) is 24.0. The minimum atomic E-state index is -0.771. The number of thioether (sulfide) groups is 1. The lowest BCUT2D eigenvalue weighted by Gasteiger charge is -2.31. The fraction of sp³-hybridized carbons (Fsp3) is 0.385. The van der Waals surface area contributed by atoms with Crippen molar-refractivity contribution in [3.05, 3.63) is 53.6 Å². The monoisotopic (exact) mass is 478 g/mol. The molecule has 34 heavy (non-hydrogen) atoms. The molecule has 1 aliphatic heterocycles. The number of benzene rings is 2. The van der Waals surface area contributed by atoms with E-state index in [0.29, 0.717) is 40.7 Å². The molecular weight excluding hydrogens is 448 g/mol. The lowest BCUT2D eigenvalue weighted by Crippen LogP contribution is -2.36. The number of para-hydroxylation sites is 1. The Kier molecular flexibility index (Phi) is 7.36. The number of hydrogen-bond acceptors (Lipinski definition) is 7. The van der Waals surface area contributed by atoms with Crippen molar-refractivity contribution in [3.8, 4) is 22.9 Å². The number of carbonyl (C=O) groups is 1. The van der Waals surface area contributed by atoms with Gasteiger partial charge in [0.15, 0.2) is 5.69 Å². The van der Waals surface area contributed by atoms with Crippen molar-refractivity contribution in [1.82, 2.24) is 15.2 Å². The van der Waals surface area contributed by atoms with E-state index in [4.69, 9.17) is 14.5 Å². The predicted octanol–water partition coefficient (Wildman–Crippen LogP) is 5.69. The average molecular weight is 479 g/mol. The number of aryl methyl sites for hydroxylation is 1.